The average molecular weight is 424 g/mol. The van der Waals surface area contributed by atoms with Crippen molar-refractivity contribution in [1.82, 2.24) is 19.4 Å². The van der Waals surface area contributed by atoms with E-state index in [-0.39, 0.29) is 36.0 Å². The molecule has 0 radical (unpaired) electrons. The summed E-state index contributed by atoms with van der Waals surface area (Å²) < 4.78 is 40.2. The molecule has 8 nitrogen and oxygen atoms in total. The van der Waals surface area contributed by atoms with Crippen LogP contribution < -0.4 is 5.32 Å². The summed E-state index contributed by atoms with van der Waals surface area (Å²) in [4.78, 5) is 28.4. The van der Waals surface area contributed by atoms with Crippen LogP contribution in [0.2, 0.25) is 0 Å². The fourth-order valence-electron chi connectivity index (χ4n) is 4.07. The Morgan fingerprint density at radius 1 is 1.10 bits per heavy atom. The number of carbonyl (C=O) groups is 2. The zero-order valence-corrected chi connectivity index (χ0v) is 17.1. The quantitative estimate of drug-likeness (QED) is 0.718. The van der Waals surface area contributed by atoms with Crippen LogP contribution in [0.4, 0.5) is 9.18 Å². The standard InChI is InChI=1S/C19H25FN4O4S/c1-19(14-3-4-14)17(25)24(18(26)21-19)13-22-9-2-10-23(12-11-22)29(27,28)16-7-5-15(20)6-8-16/h5-8,14H,2-4,9-13H2,1H3,(H,21,26)/t19-/m0/s1. The number of rotatable bonds is 5. The highest BCUT2D eigenvalue weighted by atomic mass is 32.2. The van der Waals surface area contributed by atoms with E-state index in [1.807, 2.05) is 4.90 Å². The van der Waals surface area contributed by atoms with Crippen molar-refractivity contribution < 1.29 is 22.4 Å². The van der Waals surface area contributed by atoms with Crippen molar-refractivity contribution in [3.63, 3.8) is 0 Å². The summed E-state index contributed by atoms with van der Waals surface area (Å²) in [5.74, 6) is -0.493. The second-order valence-corrected chi connectivity index (χ2v) is 10.0. The monoisotopic (exact) mass is 424 g/mol. The van der Waals surface area contributed by atoms with E-state index in [2.05, 4.69) is 5.32 Å². The Balaban J connectivity index is 1.41. The molecule has 2 saturated heterocycles. The number of nitrogens with one attached hydrogen (secondary N) is 1. The van der Waals surface area contributed by atoms with Gasteiger partial charge in [-0.3, -0.25) is 9.69 Å². The summed E-state index contributed by atoms with van der Waals surface area (Å²) >= 11 is 0. The third kappa shape index (κ3) is 3.76. The molecule has 1 N–H and O–H groups in total. The molecule has 158 valence electrons. The average Bonchev–Trinajstić information content (AvgIpc) is 3.50. The fourth-order valence-corrected chi connectivity index (χ4v) is 5.54. The predicted molar refractivity (Wildman–Crippen MR) is 103 cm³/mol. The molecule has 2 aliphatic heterocycles. The third-order valence-corrected chi connectivity index (χ3v) is 7.95. The van der Waals surface area contributed by atoms with Crippen molar-refractivity contribution in [2.75, 3.05) is 32.8 Å². The van der Waals surface area contributed by atoms with Gasteiger partial charge in [0.15, 0.2) is 0 Å². The van der Waals surface area contributed by atoms with Gasteiger partial charge in [0.2, 0.25) is 10.0 Å². The van der Waals surface area contributed by atoms with Crippen LogP contribution in [0.3, 0.4) is 0 Å². The highest BCUT2D eigenvalue weighted by Crippen LogP contribution is 2.42. The van der Waals surface area contributed by atoms with E-state index in [0.717, 1.165) is 25.0 Å². The second kappa shape index (κ2) is 7.33. The highest BCUT2D eigenvalue weighted by Gasteiger charge is 2.56. The third-order valence-electron chi connectivity index (χ3n) is 6.04. The summed E-state index contributed by atoms with van der Waals surface area (Å²) in [6.07, 6.45) is 2.45. The van der Waals surface area contributed by atoms with Crippen LogP contribution in [0.5, 0.6) is 0 Å². The molecule has 0 unspecified atom stereocenters. The zero-order chi connectivity index (χ0) is 20.8. The molecular weight excluding hydrogens is 399 g/mol. The van der Waals surface area contributed by atoms with Crippen LogP contribution >= 0.6 is 0 Å². The summed E-state index contributed by atoms with van der Waals surface area (Å²) in [7, 11) is -3.72. The minimum Gasteiger partial charge on any atom is -0.323 e. The Labute approximate surface area is 169 Å². The number of amides is 3. The number of benzene rings is 1. The van der Waals surface area contributed by atoms with E-state index >= 15 is 0 Å². The minimum atomic E-state index is -3.72. The lowest BCUT2D eigenvalue weighted by Crippen LogP contribution is -2.47. The summed E-state index contributed by atoms with van der Waals surface area (Å²) in [5.41, 5.74) is -0.819. The number of sulfonamides is 1. The molecule has 0 spiro atoms. The molecule has 29 heavy (non-hydrogen) atoms. The van der Waals surface area contributed by atoms with Crippen LogP contribution in [0.25, 0.3) is 0 Å². The van der Waals surface area contributed by atoms with Gasteiger partial charge < -0.3 is 5.32 Å². The van der Waals surface area contributed by atoms with Gasteiger partial charge in [0.05, 0.1) is 11.6 Å². The lowest BCUT2D eigenvalue weighted by molar-refractivity contribution is -0.132. The van der Waals surface area contributed by atoms with E-state index in [1.165, 1.54) is 21.3 Å². The van der Waals surface area contributed by atoms with E-state index in [9.17, 15) is 22.4 Å². The first-order chi connectivity index (χ1) is 13.7. The van der Waals surface area contributed by atoms with Crippen LogP contribution in [0.15, 0.2) is 29.2 Å². The van der Waals surface area contributed by atoms with Crippen molar-refractivity contribution in [3.8, 4) is 0 Å². The maximum atomic E-state index is 13.1. The smallest absolute Gasteiger partial charge is 0.323 e. The lowest BCUT2D eigenvalue weighted by atomic mass is 9.96. The van der Waals surface area contributed by atoms with Gasteiger partial charge in [-0.05, 0) is 56.4 Å². The van der Waals surface area contributed by atoms with Gasteiger partial charge in [0.25, 0.3) is 5.91 Å². The Bertz CT molecular complexity index is 919. The summed E-state index contributed by atoms with van der Waals surface area (Å²) in [5, 5.41) is 2.83. The van der Waals surface area contributed by atoms with Crippen molar-refractivity contribution in [2.45, 2.75) is 36.6 Å². The predicted octanol–water partition coefficient (Wildman–Crippen LogP) is 1.20. The fraction of sp³-hybridized carbons (Fsp3) is 0.579. The van der Waals surface area contributed by atoms with Crippen LogP contribution in [-0.4, -0.2) is 72.8 Å². The van der Waals surface area contributed by atoms with Crippen molar-refractivity contribution >= 4 is 22.0 Å². The van der Waals surface area contributed by atoms with E-state index in [1.54, 1.807) is 6.92 Å². The number of urea groups is 1. The van der Waals surface area contributed by atoms with E-state index in [4.69, 9.17) is 0 Å². The molecule has 0 aromatic heterocycles. The van der Waals surface area contributed by atoms with Gasteiger partial charge >= 0.3 is 6.03 Å². The molecule has 10 heteroatoms. The molecule has 1 saturated carbocycles. The second-order valence-electron chi connectivity index (χ2n) is 8.11. The molecular formula is C19H25FN4O4S. The topological polar surface area (TPSA) is 90.0 Å². The molecule has 1 atom stereocenters. The van der Waals surface area contributed by atoms with Crippen molar-refractivity contribution in [1.29, 1.82) is 0 Å². The number of hydrogen-bond donors (Lipinski definition) is 1. The van der Waals surface area contributed by atoms with Gasteiger partial charge in [0, 0.05) is 26.2 Å². The molecule has 3 amide bonds. The Morgan fingerprint density at radius 2 is 1.79 bits per heavy atom. The lowest BCUT2D eigenvalue weighted by Gasteiger charge is -2.26. The Kier molecular flexibility index (Phi) is 5.12. The number of hydrogen-bond acceptors (Lipinski definition) is 5. The molecule has 4 rings (SSSR count). The summed E-state index contributed by atoms with van der Waals surface area (Å²) in [6.45, 7) is 3.48. The van der Waals surface area contributed by atoms with Gasteiger partial charge in [-0.15, -0.1) is 0 Å². The minimum absolute atomic E-state index is 0.0571. The van der Waals surface area contributed by atoms with Crippen LogP contribution in [-0.2, 0) is 14.8 Å². The zero-order valence-electron chi connectivity index (χ0n) is 16.3. The van der Waals surface area contributed by atoms with E-state index in [0.29, 0.717) is 26.1 Å². The normalized spacial score (nSPS) is 27.2. The number of carbonyl (C=O) groups excluding carboxylic acids is 2. The molecule has 3 aliphatic rings. The van der Waals surface area contributed by atoms with Crippen molar-refractivity contribution in [3.05, 3.63) is 30.1 Å². The van der Waals surface area contributed by atoms with Crippen LogP contribution in [0, 0.1) is 11.7 Å². The maximum Gasteiger partial charge on any atom is 0.326 e. The highest BCUT2D eigenvalue weighted by molar-refractivity contribution is 7.89. The molecule has 2 heterocycles. The maximum absolute atomic E-state index is 13.1. The Hall–Kier alpha value is -2.04. The van der Waals surface area contributed by atoms with Gasteiger partial charge in [-0.1, -0.05) is 0 Å². The number of nitrogens with zero attached hydrogens (tertiary/aromatic N) is 3. The number of imide groups is 1. The molecule has 1 aromatic rings. The Morgan fingerprint density at radius 3 is 2.45 bits per heavy atom. The SMILES string of the molecule is C[C@@]1(C2CC2)NC(=O)N(CN2CCCN(S(=O)(=O)c3ccc(F)cc3)CC2)C1=O. The molecule has 3 fully saturated rings. The van der Waals surface area contributed by atoms with Gasteiger partial charge in [-0.25, -0.2) is 22.5 Å². The van der Waals surface area contributed by atoms with Gasteiger partial charge in [0.1, 0.15) is 11.4 Å². The molecule has 1 aliphatic carbocycles. The molecule has 1 aromatic carbocycles. The first-order valence-electron chi connectivity index (χ1n) is 9.84. The van der Waals surface area contributed by atoms with Gasteiger partial charge in [-0.2, -0.15) is 4.31 Å². The van der Waals surface area contributed by atoms with E-state index < -0.39 is 21.4 Å². The van der Waals surface area contributed by atoms with Crippen LogP contribution in [0.1, 0.15) is 26.2 Å². The first-order valence-corrected chi connectivity index (χ1v) is 11.3. The number of halogens is 1. The first kappa shape index (κ1) is 20.2. The molecule has 0 bridgehead atoms. The van der Waals surface area contributed by atoms with Crippen molar-refractivity contribution in [2.24, 2.45) is 5.92 Å². The largest absolute Gasteiger partial charge is 0.326 e. The summed E-state index contributed by atoms with van der Waals surface area (Å²) in [6, 6.07) is 4.40.